The van der Waals surface area contributed by atoms with Crippen LogP contribution in [0.2, 0.25) is 0 Å². The van der Waals surface area contributed by atoms with Crippen molar-refractivity contribution in [3.05, 3.63) is 23.8 Å². The van der Waals surface area contributed by atoms with Gasteiger partial charge in [0, 0.05) is 13.1 Å². The van der Waals surface area contributed by atoms with E-state index in [2.05, 4.69) is 17.9 Å². The first-order valence-electron chi connectivity index (χ1n) is 5.79. The molecule has 0 aromatic heterocycles. The molecule has 1 aliphatic carbocycles. The molecule has 1 saturated carbocycles. The molecule has 0 atom stereocenters. The molecule has 0 radical (unpaired) electrons. The fraction of sp³-hybridized carbons (Fsp3) is 0.462. The van der Waals surface area contributed by atoms with E-state index in [9.17, 15) is 0 Å². The Labute approximate surface area is 96.5 Å². The Morgan fingerprint density at radius 1 is 1.50 bits per heavy atom. The number of nitrogen functional groups attached to an aromatic ring is 1. The molecule has 16 heavy (non-hydrogen) atoms. The fourth-order valence-corrected chi connectivity index (χ4v) is 1.90. The zero-order valence-electron chi connectivity index (χ0n) is 9.61. The van der Waals surface area contributed by atoms with Crippen LogP contribution in [0.3, 0.4) is 0 Å². The summed E-state index contributed by atoms with van der Waals surface area (Å²) in [7, 11) is 0. The number of nitrogens with two attached hydrogens (primary N) is 1. The van der Waals surface area contributed by atoms with Crippen LogP contribution >= 0.6 is 0 Å². The summed E-state index contributed by atoms with van der Waals surface area (Å²) in [4.78, 5) is 2.27. The lowest BCUT2D eigenvalue weighted by Crippen LogP contribution is -2.26. The van der Waals surface area contributed by atoms with Gasteiger partial charge in [0.1, 0.15) is 0 Å². The van der Waals surface area contributed by atoms with Gasteiger partial charge in [-0.15, -0.1) is 0 Å². The van der Waals surface area contributed by atoms with E-state index in [4.69, 9.17) is 11.0 Å². The van der Waals surface area contributed by atoms with Gasteiger partial charge in [-0.2, -0.15) is 5.26 Å². The highest BCUT2D eigenvalue weighted by Crippen LogP contribution is 2.33. The van der Waals surface area contributed by atoms with Gasteiger partial charge in [0.2, 0.25) is 0 Å². The summed E-state index contributed by atoms with van der Waals surface area (Å²) >= 11 is 0. The van der Waals surface area contributed by atoms with Gasteiger partial charge in [-0.1, -0.05) is 0 Å². The summed E-state index contributed by atoms with van der Waals surface area (Å²) in [5.41, 5.74) is 8.42. The highest BCUT2D eigenvalue weighted by Gasteiger charge is 2.24. The predicted octanol–water partition coefficient (Wildman–Crippen LogP) is 2.38. The van der Waals surface area contributed by atoms with Crippen LogP contribution in [0.5, 0.6) is 0 Å². The number of nitrogens with zero attached hydrogens (tertiary/aromatic N) is 2. The van der Waals surface area contributed by atoms with Gasteiger partial charge < -0.3 is 10.6 Å². The standard InChI is InChI=1S/C13H17N3/c1-2-16(9-10-3-4-10)13-7-11(8-14)5-6-12(13)15/h5-7,10H,2-4,9,15H2,1H3. The lowest BCUT2D eigenvalue weighted by molar-refractivity contribution is 0.743. The van der Waals surface area contributed by atoms with Crippen LogP contribution in [0, 0.1) is 17.2 Å². The third-order valence-corrected chi connectivity index (χ3v) is 3.06. The van der Waals surface area contributed by atoms with Crippen LogP contribution in [0.1, 0.15) is 25.3 Å². The van der Waals surface area contributed by atoms with Gasteiger partial charge in [-0.3, -0.25) is 0 Å². The van der Waals surface area contributed by atoms with Gasteiger partial charge in [0.15, 0.2) is 0 Å². The summed E-state index contributed by atoms with van der Waals surface area (Å²) in [5, 5.41) is 8.89. The Balaban J connectivity index is 2.24. The van der Waals surface area contributed by atoms with Crippen molar-refractivity contribution < 1.29 is 0 Å². The predicted molar refractivity (Wildman–Crippen MR) is 66.2 cm³/mol. The molecule has 0 amide bonds. The zero-order chi connectivity index (χ0) is 11.5. The number of benzene rings is 1. The molecular weight excluding hydrogens is 198 g/mol. The quantitative estimate of drug-likeness (QED) is 0.784. The molecule has 1 aromatic rings. The molecule has 0 heterocycles. The first-order valence-corrected chi connectivity index (χ1v) is 5.79. The maximum absolute atomic E-state index is 8.89. The van der Waals surface area contributed by atoms with Gasteiger partial charge in [0.05, 0.1) is 23.0 Å². The Kier molecular flexibility index (Phi) is 3.00. The smallest absolute Gasteiger partial charge is 0.0992 e. The molecule has 2 rings (SSSR count). The SMILES string of the molecule is CCN(CC1CC1)c1cc(C#N)ccc1N. The molecule has 1 aromatic carbocycles. The Morgan fingerprint density at radius 2 is 2.25 bits per heavy atom. The van der Waals surface area contributed by atoms with E-state index in [-0.39, 0.29) is 0 Å². The minimum Gasteiger partial charge on any atom is -0.397 e. The number of rotatable bonds is 4. The minimum atomic E-state index is 0.679. The van der Waals surface area contributed by atoms with Gasteiger partial charge in [-0.05, 0) is 43.9 Å². The summed E-state index contributed by atoms with van der Waals surface area (Å²) in [6, 6.07) is 7.64. The van der Waals surface area contributed by atoms with Crippen molar-refractivity contribution in [2.24, 2.45) is 5.92 Å². The summed E-state index contributed by atoms with van der Waals surface area (Å²) in [5.74, 6) is 0.824. The van der Waals surface area contributed by atoms with E-state index in [1.54, 1.807) is 6.07 Å². The Morgan fingerprint density at radius 3 is 2.81 bits per heavy atom. The van der Waals surface area contributed by atoms with Crippen LogP contribution < -0.4 is 10.6 Å². The molecule has 0 aliphatic heterocycles. The average molecular weight is 215 g/mol. The van der Waals surface area contributed by atoms with E-state index in [0.717, 1.165) is 30.4 Å². The highest BCUT2D eigenvalue weighted by atomic mass is 15.1. The first-order chi connectivity index (χ1) is 7.74. The van der Waals surface area contributed by atoms with Crippen molar-refractivity contribution in [3.63, 3.8) is 0 Å². The maximum atomic E-state index is 8.89. The van der Waals surface area contributed by atoms with Gasteiger partial charge >= 0.3 is 0 Å². The maximum Gasteiger partial charge on any atom is 0.0992 e. The van der Waals surface area contributed by atoms with Crippen LogP contribution in [0.25, 0.3) is 0 Å². The molecule has 3 heteroatoms. The largest absolute Gasteiger partial charge is 0.397 e. The Hall–Kier alpha value is -1.69. The van der Waals surface area contributed by atoms with E-state index >= 15 is 0 Å². The second-order valence-corrected chi connectivity index (χ2v) is 4.37. The summed E-state index contributed by atoms with van der Waals surface area (Å²) in [6.45, 7) is 4.13. The minimum absolute atomic E-state index is 0.679. The topological polar surface area (TPSA) is 53.0 Å². The average Bonchev–Trinajstić information content (AvgIpc) is 3.11. The van der Waals surface area contributed by atoms with Crippen molar-refractivity contribution in [1.82, 2.24) is 0 Å². The third kappa shape index (κ3) is 2.27. The molecule has 0 saturated heterocycles. The molecule has 84 valence electrons. The zero-order valence-corrected chi connectivity index (χ0v) is 9.61. The highest BCUT2D eigenvalue weighted by molar-refractivity contribution is 5.69. The number of hydrogen-bond acceptors (Lipinski definition) is 3. The molecule has 3 nitrogen and oxygen atoms in total. The normalized spacial score (nSPS) is 14.5. The first kappa shape index (κ1) is 10.8. The lowest BCUT2D eigenvalue weighted by Gasteiger charge is -2.24. The monoisotopic (exact) mass is 215 g/mol. The van der Waals surface area contributed by atoms with Crippen molar-refractivity contribution in [2.75, 3.05) is 23.7 Å². The fourth-order valence-electron chi connectivity index (χ4n) is 1.90. The molecule has 0 unspecified atom stereocenters. The molecule has 0 spiro atoms. The number of anilines is 2. The van der Waals surface area contributed by atoms with E-state index < -0.39 is 0 Å². The molecular formula is C13H17N3. The van der Waals surface area contributed by atoms with Gasteiger partial charge in [0.25, 0.3) is 0 Å². The lowest BCUT2D eigenvalue weighted by atomic mass is 10.1. The second kappa shape index (κ2) is 4.44. The number of nitriles is 1. The molecule has 1 fully saturated rings. The van der Waals surface area contributed by atoms with E-state index in [0.29, 0.717) is 5.56 Å². The van der Waals surface area contributed by atoms with Crippen molar-refractivity contribution in [1.29, 1.82) is 5.26 Å². The summed E-state index contributed by atoms with van der Waals surface area (Å²) in [6.07, 6.45) is 2.66. The van der Waals surface area contributed by atoms with E-state index in [1.807, 2.05) is 12.1 Å². The number of hydrogen-bond donors (Lipinski definition) is 1. The molecule has 1 aliphatic rings. The summed E-state index contributed by atoms with van der Waals surface area (Å²) < 4.78 is 0. The van der Waals surface area contributed by atoms with E-state index in [1.165, 1.54) is 12.8 Å². The molecule has 2 N–H and O–H groups in total. The second-order valence-electron chi connectivity index (χ2n) is 4.37. The van der Waals surface area contributed by atoms with Crippen LogP contribution in [0.15, 0.2) is 18.2 Å². The van der Waals surface area contributed by atoms with Crippen LogP contribution in [-0.4, -0.2) is 13.1 Å². The molecule has 0 bridgehead atoms. The van der Waals surface area contributed by atoms with Crippen molar-refractivity contribution in [2.45, 2.75) is 19.8 Å². The van der Waals surface area contributed by atoms with Gasteiger partial charge in [-0.25, -0.2) is 0 Å². The van der Waals surface area contributed by atoms with Crippen LogP contribution in [-0.2, 0) is 0 Å². The van der Waals surface area contributed by atoms with Crippen LogP contribution in [0.4, 0.5) is 11.4 Å². The third-order valence-electron chi connectivity index (χ3n) is 3.06. The van der Waals surface area contributed by atoms with Crippen molar-refractivity contribution >= 4 is 11.4 Å². The Bertz CT molecular complexity index is 416. The van der Waals surface area contributed by atoms with Crippen molar-refractivity contribution in [3.8, 4) is 6.07 Å².